The molecule has 5 heteroatoms. The molecule has 3 unspecified atom stereocenters. The number of carbonyl (C=O) groups excluding carboxylic acids is 1. The van der Waals surface area contributed by atoms with Gasteiger partial charge in [0.15, 0.2) is 0 Å². The molecular weight excluding hydrogens is 384 g/mol. The first-order valence-electron chi connectivity index (χ1n) is 11.4. The van der Waals surface area contributed by atoms with Crippen molar-refractivity contribution in [2.24, 2.45) is 5.41 Å². The van der Waals surface area contributed by atoms with Crippen LogP contribution in [-0.4, -0.2) is 35.5 Å². The van der Waals surface area contributed by atoms with Gasteiger partial charge in [-0.05, 0) is 68.0 Å². The van der Waals surface area contributed by atoms with E-state index in [0.717, 1.165) is 25.1 Å². The average molecular weight is 423 g/mol. The molecule has 0 saturated carbocycles. The fourth-order valence-electron chi connectivity index (χ4n) is 4.58. The number of anilines is 3. The molecule has 0 spiro atoms. The van der Waals surface area contributed by atoms with Crippen LogP contribution < -0.4 is 16.4 Å². The van der Waals surface area contributed by atoms with Crippen molar-refractivity contribution < 1.29 is 4.79 Å². The molecule has 1 aliphatic heterocycles. The van der Waals surface area contributed by atoms with Crippen molar-refractivity contribution in [2.75, 3.05) is 22.9 Å². The Balaban J connectivity index is 1.61. The summed E-state index contributed by atoms with van der Waals surface area (Å²) in [5.41, 5.74) is 9.11. The van der Waals surface area contributed by atoms with E-state index in [2.05, 4.69) is 50.2 Å². The van der Waals surface area contributed by atoms with Gasteiger partial charge >= 0.3 is 0 Å². The summed E-state index contributed by atoms with van der Waals surface area (Å²) in [6, 6.07) is 16.6. The molecule has 1 fully saturated rings. The number of nitrogens with one attached hydrogen (secondary N) is 2. The van der Waals surface area contributed by atoms with Gasteiger partial charge in [0.1, 0.15) is 0 Å². The first kappa shape index (κ1) is 23.1. The van der Waals surface area contributed by atoms with E-state index in [1.165, 1.54) is 6.42 Å². The molecule has 5 nitrogen and oxygen atoms in total. The van der Waals surface area contributed by atoms with Crippen LogP contribution >= 0.6 is 0 Å². The van der Waals surface area contributed by atoms with Gasteiger partial charge in [-0.15, -0.1) is 0 Å². The number of likely N-dealkylation sites (tertiary alicyclic amines) is 1. The molecule has 0 aliphatic carbocycles. The summed E-state index contributed by atoms with van der Waals surface area (Å²) >= 11 is 0. The lowest BCUT2D eigenvalue weighted by molar-refractivity contribution is 0.0503. The molecule has 3 rings (SSSR count). The monoisotopic (exact) mass is 422 g/mol. The van der Waals surface area contributed by atoms with Crippen LogP contribution in [0.4, 0.5) is 17.1 Å². The molecule has 0 bridgehead atoms. The zero-order chi connectivity index (χ0) is 22.6. The van der Waals surface area contributed by atoms with E-state index in [4.69, 9.17) is 5.73 Å². The second-order valence-corrected chi connectivity index (χ2v) is 10.1. The van der Waals surface area contributed by atoms with Crippen LogP contribution in [0.15, 0.2) is 48.5 Å². The van der Waals surface area contributed by atoms with Gasteiger partial charge < -0.3 is 16.4 Å². The summed E-state index contributed by atoms with van der Waals surface area (Å²) in [4.78, 5) is 15.2. The SMILES string of the molecule is CCC1CC(Nc2ccc(C(=O)Nc3ccccc3N)cc2)CC(C)N1CC(C)(C)C. The van der Waals surface area contributed by atoms with Gasteiger partial charge in [-0.1, -0.05) is 39.8 Å². The van der Waals surface area contributed by atoms with Crippen molar-refractivity contribution in [3.63, 3.8) is 0 Å². The fraction of sp³-hybridized carbons (Fsp3) is 0.500. The van der Waals surface area contributed by atoms with Gasteiger partial charge in [-0.2, -0.15) is 0 Å². The Morgan fingerprint density at radius 3 is 2.39 bits per heavy atom. The maximum Gasteiger partial charge on any atom is 0.255 e. The third kappa shape index (κ3) is 6.23. The quantitative estimate of drug-likeness (QED) is 0.529. The van der Waals surface area contributed by atoms with Crippen LogP contribution in [0.3, 0.4) is 0 Å². The highest BCUT2D eigenvalue weighted by molar-refractivity contribution is 6.05. The first-order chi connectivity index (χ1) is 14.7. The maximum atomic E-state index is 12.5. The van der Waals surface area contributed by atoms with Crippen LogP contribution in [0.5, 0.6) is 0 Å². The summed E-state index contributed by atoms with van der Waals surface area (Å²) < 4.78 is 0. The topological polar surface area (TPSA) is 70.4 Å². The third-order valence-corrected chi connectivity index (χ3v) is 6.07. The van der Waals surface area contributed by atoms with Crippen molar-refractivity contribution in [2.45, 2.75) is 72.0 Å². The van der Waals surface area contributed by atoms with Gasteiger partial charge in [-0.25, -0.2) is 0 Å². The number of nitrogens with zero attached hydrogens (tertiary/aromatic N) is 1. The highest BCUT2D eigenvalue weighted by Gasteiger charge is 2.34. The number of nitrogen functional groups attached to an aromatic ring is 1. The van der Waals surface area contributed by atoms with Crippen LogP contribution in [0, 0.1) is 5.41 Å². The summed E-state index contributed by atoms with van der Waals surface area (Å²) in [6.45, 7) is 12.7. The normalized spacial score (nSPS) is 22.2. The van der Waals surface area contributed by atoms with E-state index in [-0.39, 0.29) is 5.91 Å². The number of carbonyl (C=O) groups is 1. The van der Waals surface area contributed by atoms with Crippen LogP contribution in [-0.2, 0) is 0 Å². The summed E-state index contributed by atoms with van der Waals surface area (Å²) in [5.74, 6) is -0.153. The minimum Gasteiger partial charge on any atom is -0.397 e. The smallest absolute Gasteiger partial charge is 0.255 e. The fourth-order valence-corrected chi connectivity index (χ4v) is 4.58. The second kappa shape index (κ2) is 9.73. The molecule has 3 atom stereocenters. The molecular formula is C26H38N4O. The minimum atomic E-state index is -0.153. The highest BCUT2D eigenvalue weighted by atomic mass is 16.1. The molecule has 1 amide bonds. The lowest BCUT2D eigenvalue weighted by Crippen LogP contribution is -2.53. The van der Waals surface area contributed by atoms with Crippen molar-refractivity contribution in [3.8, 4) is 0 Å². The molecule has 168 valence electrons. The number of hydrogen-bond acceptors (Lipinski definition) is 4. The predicted octanol–water partition coefficient (Wildman–Crippen LogP) is 5.61. The van der Waals surface area contributed by atoms with Gasteiger partial charge in [0.25, 0.3) is 5.91 Å². The van der Waals surface area contributed by atoms with Gasteiger partial charge in [0.2, 0.25) is 0 Å². The Morgan fingerprint density at radius 1 is 1.10 bits per heavy atom. The number of nitrogens with two attached hydrogens (primary N) is 1. The van der Waals surface area contributed by atoms with Gasteiger partial charge in [-0.3, -0.25) is 9.69 Å². The third-order valence-electron chi connectivity index (χ3n) is 6.07. The largest absolute Gasteiger partial charge is 0.397 e. The lowest BCUT2D eigenvalue weighted by atomic mass is 9.86. The number of piperidine rings is 1. The van der Waals surface area contributed by atoms with Crippen molar-refractivity contribution in [1.82, 2.24) is 4.90 Å². The van der Waals surface area contributed by atoms with E-state index in [1.54, 1.807) is 12.1 Å². The Kier molecular flexibility index (Phi) is 7.26. The van der Waals surface area contributed by atoms with Crippen LogP contribution in [0.1, 0.15) is 64.2 Å². The van der Waals surface area contributed by atoms with E-state index in [0.29, 0.717) is 40.5 Å². The molecule has 0 aromatic heterocycles. The summed E-state index contributed by atoms with van der Waals surface area (Å²) in [5, 5.41) is 6.59. The Bertz CT molecular complexity index is 872. The Hall–Kier alpha value is -2.53. The van der Waals surface area contributed by atoms with Crippen molar-refractivity contribution in [3.05, 3.63) is 54.1 Å². The lowest BCUT2D eigenvalue weighted by Gasteiger charge is -2.46. The average Bonchev–Trinajstić information content (AvgIpc) is 2.71. The highest BCUT2D eigenvalue weighted by Crippen LogP contribution is 2.31. The Morgan fingerprint density at radius 2 is 1.77 bits per heavy atom. The predicted molar refractivity (Wildman–Crippen MR) is 132 cm³/mol. The molecule has 0 radical (unpaired) electrons. The zero-order valence-electron chi connectivity index (χ0n) is 19.6. The molecule has 2 aromatic carbocycles. The van der Waals surface area contributed by atoms with Crippen LogP contribution in [0.25, 0.3) is 0 Å². The van der Waals surface area contributed by atoms with E-state index >= 15 is 0 Å². The Labute approximate surface area is 187 Å². The summed E-state index contributed by atoms with van der Waals surface area (Å²) in [6.07, 6.45) is 3.44. The maximum absolute atomic E-state index is 12.5. The number of para-hydroxylation sites is 2. The molecule has 1 heterocycles. The second-order valence-electron chi connectivity index (χ2n) is 10.1. The summed E-state index contributed by atoms with van der Waals surface area (Å²) in [7, 11) is 0. The van der Waals surface area contributed by atoms with E-state index < -0.39 is 0 Å². The zero-order valence-corrected chi connectivity index (χ0v) is 19.6. The first-order valence-corrected chi connectivity index (χ1v) is 11.4. The van der Waals surface area contributed by atoms with Gasteiger partial charge in [0.05, 0.1) is 11.4 Å². The van der Waals surface area contributed by atoms with Crippen molar-refractivity contribution >= 4 is 23.0 Å². The number of benzene rings is 2. The molecule has 31 heavy (non-hydrogen) atoms. The van der Waals surface area contributed by atoms with E-state index in [1.807, 2.05) is 36.4 Å². The molecule has 1 saturated heterocycles. The van der Waals surface area contributed by atoms with Gasteiger partial charge in [0, 0.05) is 35.9 Å². The number of rotatable bonds is 6. The standard InChI is InChI=1S/C26H38N4O/c1-6-22-16-21(15-18(2)30(22)17-26(3,4)5)28-20-13-11-19(12-14-20)25(31)29-24-10-8-7-9-23(24)27/h7-14,18,21-22,28H,6,15-17,27H2,1-5H3,(H,29,31). The minimum absolute atomic E-state index is 0.153. The molecule has 1 aliphatic rings. The molecule has 4 N–H and O–H groups in total. The van der Waals surface area contributed by atoms with Crippen LogP contribution in [0.2, 0.25) is 0 Å². The molecule has 2 aromatic rings. The number of amides is 1. The number of hydrogen-bond donors (Lipinski definition) is 3. The van der Waals surface area contributed by atoms with E-state index in [9.17, 15) is 4.79 Å². The van der Waals surface area contributed by atoms with Crippen molar-refractivity contribution in [1.29, 1.82) is 0 Å².